The third-order valence-corrected chi connectivity index (χ3v) is 6.33. The number of rotatable bonds is 4. The minimum atomic E-state index is -4.39. The lowest BCUT2D eigenvalue weighted by atomic mass is 9.98. The van der Waals surface area contributed by atoms with Crippen molar-refractivity contribution in [3.63, 3.8) is 0 Å². The second-order valence-corrected chi connectivity index (χ2v) is 8.29. The van der Waals surface area contributed by atoms with E-state index in [1.165, 1.54) is 6.07 Å². The third-order valence-electron chi connectivity index (χ3n) is 6.33. The summed E-state index contributed by atoms with van der Waals surface area (Å²) in [5.74, 6) is 0.379. The summed E-state index contributed by atoms with van der Waals surface area (Å²) in [6.07, 6.45) is 1.51. The van der Waals surface area contributed by atoms with Crippen molar-refractivity contribution in [1.29, 1.82) is 0 Å². The summed E-state index contributed by atoms with van der Waals surface area (Å²) in [5, 5.41) is 0. The first kappa shape index (κ1) is 21.4. The minimum absolute atomic E-state index is 0.0355. The molecule has 3 aliphatic heterocycles. The van der Waals surface area contributed by atoms with E-state index in [1.807, 2.05) is 4.90 Å². The summed E-state index contributed by atoms with van der Waals surface area (Å²) in [7, 11) is 0. The number of halogens is 3. The van der Waals surface area contributed by atoms with E-state index in [-0.39, 0.29) is 24.0 Å². The molecule has 166 valence electrons. The Kier molecular flexibility index (Phi) is 6.48. The predicted molar refractivity (Wildman–Crippen MR) is 103 cm³/mol. The Labute approximate surface area is 174 Å². The molecule has 0 radical (unpaired) electrons. The fourth-order valence-electron chi connectivity index (χ4n) is 4.57. The Morgan fingerprint density at radius 3 is 2.37 bits per heavy atom. The monoisotopic (exact) mass is 427 g/mol. The standard InChI is InChI=1S/C21H28F3N3O3/c22-21(23,24)15-3-4-19(25-14-15)30-17-7-11-26(12-8-17)16-5-9-27(10-6-16)20(28)18-2-1-13-29-18/h3-4,14,16-18H,1-2,5-13H2. The van der Waals surface area contributed by atoms with Crippen LogP contribution in [-0.2, 0) is 15.7 Å². The van der Waals surface area contributed by atoms with Crippen molar-refractivity contribution < 1.29 is 27.4 Å². The number of hydrogen-bond donors (Lipinski definition) is 0. The number of ether oxygens (including phenoxy) is 2. The Morgan fingerprint density at radius 2 is 1.80 bits per heavy atom. The van der Waals surface area contributed by atoms with Gasteiger partial charge in [0.1, 0.15) is 12.2 Å². The van der Waals surface area contributed by atoms with Gasteiger partial charge in [-0.2, -0.15) is 13.2 Å². The van der Waals surface area contributed by atoms with Gasteiger partial charge in [-0.1, -0.05) is 0 Å². The number of amides is 1. The van der Waals surface area contributed by atoms with Gasteiger partial charge in [-0.3, -0.25) is 9.69 Å². The highest BCUT2D eigenvalue weighted by Gasteiger charge is 2.34. The second-order valence-electron chi connectivity index (χ2n) is 8.29. The van der Waals surface area contributed by atoms with Crippen LogP contribution in [0, 0.1) is 0 Å². The Balaban J connectivity index is 1.20. The molecule has 30 heavy (non-hydrogen) atoms. The smallest absolute Gasteiger partial charge is 0.417 e. The quantitative estimate of drug-likeness (QED) is 0.739. The summed E-state index contributed by atoms with van der Waals surface area (Å²) in [5.41, 5.74) is -0.769. The van der Waals surface area contributed by atoms with Crippen LogP contribution in [0.4, 0.5) is 13.2 Å². The maximum Gasteiger partial charge on any atom is 0.417 e. The van der Waals surface area contributed by atoms with Crippen LogP contribution < -0.4 is 4.74 Å². The maximum atomic E-state index is 12.6. The summed E-state index contributed by atoms with van der Waals surface area (Å²) in [4.78, 5) is 20.7. The van der Waals surface area contributed by atoms with E-state index in [2.05, 4.69) is 9.88 Å². The number of likely N-dealkylation sites (tertiary alicyclic amines) is 2. The molecule has 4 rings (SSSR count). The molecule has 1 unspecified atom stereocenters. The van der Waals surface area contributed by atoms with Crippen LogP contribution in [0.15, 0.2) is 18.3 Å². The van der Waals surface area contributed by atoms with Crippen LogP contribution in [0.5, 0.6) is 5.88 Å². The van der Waals surface area contributed by atoms with Crippen LogP contribution in [0.2, 0.25) is 0 Å². The van der Waals surface area contributed by atoms with Gasteiger partial charge in [0.25, 0.3) is 5.91 Å². The molecule has 0 N–H and O–H groups in total. The SMILES string of the molecule is O=C(C1CCCO1)N1CCC(N2CCC(Oc3ccc(C(F)(F)F)cn3)CC2)CC1. The van der Waals surface area contributed by atoms with Gasteiger partial charge in [0.05, 0.1) is 5.56 Å². The van der Waals surface area contributed by atoms with Crippen molar-refractivity contribution >= 4 is 5.91 Å². The summed E-state index contributed by atoms with van der Waals surface area (Å²) in [6.45, 7) is 4.00. The molecular formula is C21H28F3N3O3. The predicted octanol–water partition coefficient (Wildman–Crippen LogP) is 3.11. The summed E-state index contributed by atoms with van der Waals surface area (Å²) >= 11 is 0. The van der Waals surface area contributed by atoms with E-state index in [0.717, 1.165) is 77.0 Å². The van der Waals surface area contributed by atoms with Crippen LogP contribution in [-0.4, -0.2) is 71.7 Å². The van der Waals surface area contributed by atoms with Crippen LogP contribution in [0.25, 0.3) is 0 Å². The molecule has 0 spiro atoms. The number of nitrogens with zero attached hydrogens (tertiary/aromatic N) is 3. The Morgan fingerprint density at radius 1 is 1.07 bits per heavy atom. The number of piperidine rings is 2. The fraction of sp³-hybridized carbons (Fsp3) is 0.714. The highest BCUT2D eigenvalue weighted by atomic mass is 19.4. The molecule has 0 saturated carbocycles. The zero-order valence-electron chi connectivity index (χ0n) is 16.9. The van der Waals surface area contributed by atoms with Gasteiger partial charge in [-0.25, -0.2) is 4.98 Å². The molecule has 0 bridgehead atoms. The van der Waals surface area contributed by atoms with Crippen molar-refractivity contribution in [3.8, 4) is 5.88 Å². The molecule has 1 aromatic heterocycles. The molecule has 3 saturated heterocycles. The fourth-order valence-corrected chi connectivity index (χ4v) is 4.57. The lowest BCUT2D eigenvalue weighted by molar-refractivity contribution is -0.142. The van der Waals surface area contributed by atoms with Crippen LogP contribution in [0.3, 0.4) is 0 Å². The molecule has 1 atom stereocenters. The Hall–Kier alpha value is -1.87. The lowest BCUT2D eigenvalue weighted by Crippen LogP contribution is -2.51. The van der Waals surface area contributed by atoms with E-state index in [9.17, 15) is 18.0 Å². The topological polar surface area (TPSA) is 54.9 Å². The molecule has 9 heteroatoms. The van der Waals surface area contributed by atoms with Gasteiger partial charge in [0.2, 0.25) is 5.88 Å². The van der Waals surface area contributed by atoms with Gasteiger partial charge < -0.3 is 14.4 Å². The van der Waals surface area contributed by atoms with Gasteiger partial charge in [0.15, 0.2) is 0 Å². The zero-order valence-corrected chi connectivity index (χ0v) is 16.9. The normalized spacial score (nSPS) is 24.9. The van der Waals surface area contributed by atoms with Crippen molar-refractivity contribution in [1.82, 2.24) is 14.8 Å². The Bertz CT molecular complexity index is 706. The van der Waals surface area contributed by atoms with E-state index in [1.54, 1.807) is 0 Å². The van der Waals surface area contributed by atoms with Gasteiger partial charge in [-0.05, 0) is 44.6 Å². The second kappa shape index (κ2) is 9.09. The molecule has 3 fully saturated rings. The van der Waals surface area contributed by atoms with E-state index >= 15 is 0 Å². The van der Waals surface area contributed by atoms with E-state index in [0.29, 0.717) is 12.6 Å². The number of alkyl halides is 3. The number of carbonyl (C=O) groups excluding carboxylic acids is 1. The number of hydrogen-bond acceptors (Lipinski definition) is 5. The summed E-state index contributed by atoms with van der Waals surface area (Å²) in [6, 6.07) is 2.75. The number of aromatic nitrogens is 1. The molecule has 0 aromatic carbocycles. The average molecular weight is 427 g/mol. The first-order chi connectivity index (χ1) is 14.4. The van der Waals surface area contributed by atoms with Crippen LogP contribution in [0.1, 0.15) is 44.1 Å². The average Bonchev–Trinajstić information content (AvgIpc) is 3.29. The number of pyridine rings is 1. The van der Waals surface area contributed by atoms with E-state index < -0.39 is 11.7 Å². The molecule has 4 heterocycles. The molecule has 6 nitrogen and oxygen atoms in total. The molecule has 3 aliphatic rings. The van der Waals surface area contributed by atoms with Crippen molar-refractivity contribution in [2.45, 2.75) is 63.0 Å². The number of carbonyl (C=O) groups is 1. The van der Waals surface area contributed by atoms with Crippen LogP contribution >= 0.6 is 0 Å². The lowest BCUT2D eigenvalue weighted by Gasteiger charge is -2.42. The van der Waals surface area contributed by atoms with Crippen molar-refractivity contribution in [3.05, 3.63) is 23.9 Å². The first-order valence-electron chi connectivity index (χ1n) is 10.7. The van der Waals surface area contributed by atoms with Crippen molar-refractivity contribution in [2.75, 3.05) is 32.8 Å². The maximum absolute atomic E-state index is 12.6. The van der Waals surface area contributed by atoms with Gasteiger partial charge in [0, 0.05) is 51.1 Å². The molecular weight excluding hydrogens is 399 g/mol. The highest BCUT2D eigenvalue weighted by Crippen LogP contribution is 2.30. The third kappa shape index (κ3) is 5.06. The zero-order chi connectivity index (χ0) is 21.1. The van der Waals surface area contributed by atoms with Crippen molar-refractivity contribution in [2.24, 2.45) is 0 Å². The van der Waals surface area contributed by atoms with E-state index in [4.69, 9.17) is 9.47 Å². The highest BCUT2D eigenvalue weighted by molar-refractivity contribution is 5.81. The van der Waals surface area contributed by atoms with Gasteiger partial charge >= 0.3 is 6.18 Å². The largest absolute Gasteiger partial charge is 0.474 e. The first-order valence-corrected chi connectivity index (χ1v) is 10.7. The minimum Gasteiger partial charge on any atom is -0.474 e. The molecule has 1 amide bonds. The molecule has 1 aromatic rings. The molecule has 0 aliphatic carbocycles. The van der Waals surface area contributed by atoms with Gasteiger partial charge in [-0.15, -0.1) is 0 Å². The summed E-state index contributed by atoms with van der Waals surface area (Å²) < 4.78 is 49.2.